The van der Waals surface area contributed by atoms with E-state index < -0.39 is 50.4 Å². The number of hydrogen-bond donors (Lipinski definition) is 2. The largest absolute Gasteiger partial charge is 0.422 e. The standard InChI is InChI=1S/C15H12N2O9S/c16-7-1-2-8-9(6-13(20)26-17-11(18)3-4-12(17)19)14(27(22,23)24)15(21)25-10(8)5-7/h1-2,5H,3-4,6,16H2,(H,22,23,24). The zero-order valence-electron chi connectivity index (χ0n) is 13.5. The Bertz CT molecular complexity index is 1130. The summed E-state index contributed by atoms with van der Waals surface area (Å²) in [6.45, 7) is 0. The highest BCUT2D eigenvalue weighted by Crippen LogP contribution is 2.26. The molecule has 1 aliphatic heterocycles. The summed E-state index contributed by atoms with van der Waals surface area (Å²) in [5.41, 5.74) is 3.85. The predicted molar refractivity (Wildman–Crippen MR) is 87.6 cm³/mol. The number of nitrogen functional groups attached to an aromatic ring is 1. The van der Waals surface area contributed by atoms with E-state index in [1.165, 1.54) is 18.2 Å². The van der Waals surface area contributed by atoms with Gasteiger partial charge in [-0.2, -0.15) is 8.42 Å². The molecule has 142 valence electrons. The van der Waals surface area contributed by atoms with E-state index in [2.05, 4.69) is 4.84 Å². The van der Waals surface area contributed by atoms with E-state index in [1.807, 2.05) is 0 Å². The molecule has 11 nitrogen and oxygen atoms in total. The van der Waals surface area contributed by atoms with E-state index in [4.69, 9.17) is 10.2 Å². The van der Waals surface area contributed by atoms with Crippen molar-refractivity contribution in [2.24, 2.45) is 0 Å². The third-order valence-corrected chi connectivity index (χ3v) is 4.70. The number of anilines is 1. The predicted octanol–water partition coefficient (Wildman–Crippen LogP) is -0.228. The van der Waals surface area contributed by atoms with Gasteiger partial charge in [0, 0.05) is 35.5 Å². The van der Waals surface area contributed by atoms with Crippen molar-refractivity contribution in [1.29, 1.82) is 0 Å². The summed E-state index contributed by atoms with van der Waals surface area (Å²) in [4.78, 5) is 50.8. The zero-order valence-corrected chi connectivity index (χ0v) is 14.3. The minimum absolute atomic E-state index is 0.00690. The highest BCUT2D eigenvalue weighted by molar-refractivity contribution is 7.85. The van der Waals surface area contributed by atoms with Crippen molar-refractivity contribution in [1.82, 2.24) is 5.06 Å². The van der Waals surface area contributed by atoms with Crippen LogP contribution in [0.3, 0.4) is 0 Å². The van der Waals surface area contributed by atoms with Crippen molar-refractivity contribution in [3.63, 3.8) is 0 Å². The molecule has 27 heavy (non-hydrogen) atoms. The number of rotatable bonds is 4. The summed E-state index contributed by atoms with van der Waals surface area (Å²) in [6, 6.07) is 3.88. The van der Waals surface area contributed by atoms with E-state index in [-0.39, 0.29) is 34.6 Å². The van der Waals surface area contributed by atoms with Crippen molar-refractivity contribution in [2.45, 2.75) is 24.2 Å². The fourth-order valence-electron chi connectivity index (χ4n) is 2.64. The van der Waals surface area contributed by atoms with Gasteiger partial charge < -0.3 is 15.0 Å². The Morgan fingerprint density at radius 2 is 1.85 bits per heavy atom. The topological polar surface area (TPSA) is 174 Å². The number of nitrogens with two attached hydrogens (primary N) is 1. The van der Waals surface area contributed by atoms with Crippen molar-refractivity contribution in [3.05, 3.63) is 34.2 Å². The average molecular weight is 396 g/mol. The molecule has 1 aromatic heterocycles. The summed E-state index contributed by atoms with van der Waals surface area (Å²) >= 11 is 0. The first-order valence-electron chi connectivity index (χ1n) is 7.47. The molecule has 1 fully saturated rings. The summed E-state index contributed by atoms with van der Waals surface area (Å²) in [7, 11) is -5.05. The Kier molecular flexibility index (Phi) is 4.45. The lowest BCUT2D eigenvalue weighted by molar-refractivity contribution is -0.197. The van der Waals surface area contributed by atoms with Crippen LogP contribution >= 0.6 is 0 Å². The maximum Gasteiger partial charge on any atom is 0.358 e. The van der Waals surface area contributed by atoms with E-state index in [0.717, 1.165) is 0 Å². The van der Waals surface area contributed by atoms with Crippen LogP contribution in [0.1, 0.15) is 18.4 Å². The van der Waals surface area contributed by atoms with E-state index in [9.17, 15) is 32.1 Å². The second-order valence-electron chi connectivity index (χ2n) is 5.65. The van der Waals surface area contributed by atoms with Gasteiger partial charge in [0.2, 0.25) is 0 Å². The van der Waals surface area contributed by atoms with Crippen LogP contribution in [0, 0.1) is 0 Å². The van der Waals surface area contributed by atoms with Gasteiger partial charge in [0.25, 0.3) is 11.8 Å². The molecule has 12 heteroatoms. The van der Waals surface area contributed by atoms with Crippen LogP contribution in [0.15, 0.2) is 32.3 Å². The van der Waals surface area contributed by atoms with E-state index >= 15 is 0 Å². The van der Waals surface area contributed by atoms with E-state index in [0.29, 0.717) is 0 Å². The minimum Gasteiger partial charge on any atom is -0.422 e. The van der Waals surface area contributed by atoms with Gasteiger partial charge in [-0.3, -0.25) is 14.1 Å². The van der Waals surface area contributed by atoms with Gasteiger partial charge in [0.05, 0.1) is 6.42 Å². The normalized spacial score (nSPS) is 14.8. The number of hydroxylamine groups is 2. The highest BCUT2D eigenvalue weighted by Gasteiger charge is 2.34. The van der Waals surface area contributed by atoms with Gasteiger partial charge in [-0.05, 0) is 12.1 Å². The molecule has 0 atom stereocenters. The number of nitrogens with zero attached hydrogens (tertiary/aromatic N) is 1. The number of carbonyl (C=O) groups is 3. The lowest BCUT2D eigenvalue weighted by Gasteiger charge is -2.14. The van der Waals surface area contributed by atoms with E-state index in [1.54, 1.807) is 0 Å². The molecule has 1 aromatic carbocycles. The van der Waals surface area contributed by atoms with Crippen molar-refractivity contribution in [2.75, 3.05) is 5.73 Å². The van der Waals surface area contributed by atoms with Crippen molar-refractivity contribution >= 4 is 44.6 Å². The van der Waals surface area contributed by atoms with Gasteiger partial charge in [-0.25, -0.2) is 9.59 Å². The molecule has 0 radical (unpaired) electrons. The second-order valence-corrected chi connectivity index (χ2v) is 7.01. The number of benzene rings is 1. The quantitative estimate of drug-likeness (QED) is 0.304. The molecule has 2 aromatic rings. The number of imide groups is 1. The van der Waals surface area contributed by atoms with Crippen LogP contribution in [-0.4, -0.2) is 35.8 Å². The SMILES string of the molecule is Nc1ccc2c(CC(=O)ON3C(=O)CCC3=O)c(S(=O)(=O)O)c(=O)oc2c1. The Morgan fingerprint density at radius 1 is 1.22 bits per heavy atom. The maximum atomic E-state index is 12.2. The van der Waals surface area contributed by atoms with Crippen LogP contribution in [0.4, 0.5) is 5.69 Å². The monoisotopic (exact) mass is 396 g/mol. The third-order valence-electron chi connectivity index (χ3n) is 3.77. The van der Waals surface area contributed by atoms with Crippen molar-refractivity contribution in [3.8, 4) is 0 Å². The molecule has 0 aliphatic carbocycles. The van der Waals surface area contributed by atoms with Gasteiger partial charge in [-0.1, -0.05) is 0 Å². The fourth-order valence-corrected chi connectivity index (χ4v) is 3.38. The summed E-state index contributed by atoms with van der Waals surface area (Å²) in [5, 5.41) is 0.286. The van der Waals surface area contributed by atoms with Crippen LogP contribution in [-0.2, 0) is 35.8 Å². The Morgan fingerprint density at radius 3 is 2.44 bits per heavy atom. The van der Waals surface area contributed by atoms with Gasteiger partial charge in [0.15, 0.2) is 4.90 Å². The molecule has 3 rings (SSSR count). The molecule has 0 spiro atoms. The molecule has 0 unspecified atom stereocenters. The molecule has 2 amide bonds. The summed E-state index contributed by atoms with van der Waals surface area (Å²) in [6.07, 6.45) is -1.09. The minimum atomic E-state index is -5.05. The first kappa shape index (κ1) is 18.5. The first-order valence-corrected chi connectivity index (χ1v) is 8.91. The Labute approximate surface area is 151 Å². The molecule has 0 saturated carbocycles. The lowest BCUT2D eigenvalue weighted by Crippen LogP contribution is -2.33. The molecular formula is C15H12N2O9S. The average Bonchev–Trinajstić information content (AvgIpc) is 2.85. The zero-order chi connectivity index (χ0) is 19.9. The molecule has 1 saturated heterocycles. The third kappa shape index (κ3) is 3.52. The molecular weight excluding hydrogens is 384 g/mol. The molecule has 1 aliphatic rings. The first-order chi connectivity index (χ1) is 12.6. The van der Waals surface area contributed by atoms with Crippen LogP contribution in [0.2, 0.25) is 0 Å². The number of carbonyl (C=O) groups excluding carboxylic acids is 3. The maximum absolute atomic E-state index is 12.2. The Balaban J connectivity index is 2.09. The summed E-state index contributed by atoms with van der Waals surface area (Å²) < 4.78 is 37.4. The van der Waals surface area contributed by atoms with Gasteiger partial charge >= 0.3 is 21.7 Å². The highest BCUT2D eigenvalue weighted by atomic mass is 32.2. The fraction of sp³-hybridized carbons (Fsp3) is 0.200. The smallest absolute Gasteiger partial charge is 0.358 e. The molecule has 0 bridgehead atoms. The Hall–Kier alpha value is -3.25. The van der Waals surface area contributed by atoms with Crippen LogP contribution < -0.4 is 11.4 Å². The number of hydrogen-bond acceptors (Lipinski definition) is 9. The van der Waals surface area contributed by atoms with Gasteiger partial charge in [-0.15, -0.1) is 5.06 Å². The number of amides is 2. The van der Waals surface area contributed by atoms with Crippen molar-refractivity contribution < 1.29 is 36.6 Å². The van der Waals surface area contributed by atoms with Crippen LogP contribution in [0.25, 0.3) is 11.0 Å². The van der Waals surface area contributed by atoms with Gasteiger partial charge in [0.1, 0.15) is 5.58 Å². The lowest BCUT2D eigenvalue weighted by atomic mass is 10.1. The molecule has 3 N–H and O–H groups in total. The molecule has 2 heterocycles. The van der Waals surface area contributed by atoms with Crippen LogP contribution in [0.5, 0.6) is 0 Å². The second kappa shape index (κ2) is 6.48. The summed E-state index contributed by atoms with van der Waals surface area (Å²) in [5.74, 6) is -2.64. The number of fused-ring (bicyclic) bond motifs is 1.